The summed E-state index contributed by atoms with van der Waals surface area (Å²) in [6.07, 6.45) is 15.5. The largest absolute Gasteiger partial charge is 0.0977 e. The molecule has 2 saturated carbocycles. The van der Waals surface area contributed by atoms with Gasteiger partial charge in [-0.15, -0.1) is 0 Å². The molecule has 0 unspecified atom stereocenters. The van der Waals surface area contributed by atoms with E-state index < -0.39 is 0 Å². The van der Waals surface area contributed by atoms with Crippen LogP contribution in [-0.4, -0.2) is 34.0 Å². The highest BCUT2D eigenvalue weighted by atomic mass is 31.1. The van der Waals surface area contributed by atoms with Crippen molar-refractivity contribution in [1.29, 1.82) is 0 Å². The fourth-order valence-electron chi connectivity index (χ4n) is 5.91. The van der Waals surface area contributed by atoms with E-state index in [0.717, 1.165) is 22.6 Å². The van der Waals surface area contributed by atoms with E-state index in [4.69, 9.17) is 0 Å². The summed E-state index contributed by atoms with van der Waals surface area (Å²) in [6.45, 7) is 9.90. The molecule has 2 saturated heterocycles. The standard InChI is InChI=1S/2C10H19P/c2*1-8-7-9(2)11(8)10-5-3-4-6-10/h2*8-10H,3-7H2,1-2H3/t2*8-,9-/m00/s1. The van der Waals surface area contributed by atoms with Crippen molar-refractivity contribution in [2.45, 2.75) is 126 Å². The van der Waals surface area contributed by atoms with Crippen molar-refractivity contribution in [2.75, 3.05) is 0 Å². The van der Waals surface area contributed by atoms with Crippen LogP contribution in [0.1, 0.15) is 91.9 Å². The number of hydrogen-bond donors (Lipinski definition) is 0. The summed E-state index contributed by atoms with van der Waals surface area (Å²) in [5.74, 6) is 0. The van der Waals surface area contributed by atoms with Crippen LogP contribution < -0.4 is 0 Å². The first-order valence-electron chi connectivity index (χ1n) is 10.1. The maximum absolute atomic E-state index is 2.48. The second-order valence-corrected chi connectivity index (χ2v) is 15.4. The monoisotopic (exact) mass is 340 g/mol. The highest BCUT2D eigenvalue weighted by Gasteiger charge is 2.40. The van der Waals surface area contributed by atoms with E-state index in [1.165, 1.54) is 49.8 Å². The molecule has 0 amide bonds. The Balaban J connectivity index is 0.000000131. The van der Waals surface area contributed by atoms with Crippen LogP contribution in [0.15, 0.2) is 0 Å². The van der Waals surface area contributed by atoms with Gasteiger partial charge in [0.15, 0.2) is 0 Å². The van der Waals surface area contributed by atoms with Gasteiger partial charge in [-0.2, -0.15) is 0 Å². The minimum absolute atomic E-state index is 0.479. The molecule has 0 bridgehead atoms. The van der Waals surface area contributed by atoms with Gasteiger partial charge < -0.3 is 0 Å². The zero-order chi connectivity index (χ0) is 15.7. The number of hydrogen-bond acceptors (Lipinski definition) is 0. The molecule has 2 heterocycles. The van der Waals surface area contributed by atoms with Gasteiger partial charge in [0.25, 0.3) is 0 Å². The van der Waals surface area contributed by atoms with E-state index in [9.17, 15) is 0 Å². The fraction of sp³-hybridized carbons (Fsp3) is 1.00. The first kappa shape index (κ1) is 17.7. The van der Waals surface area contributed by atoms with Crippen LogP contribution in [0.25, 0.3) is 0 Å². The summed E-state index contributed by atoms with van der Waals surface area (Å²) in [6, 6.07) is 0. The van der Waals surface area contributed by atoms with Crippen molar-refractivity contribution in [2.24, 2.45) is 0 Å². The van der Waals surface area contributed by atoms with Crippen molar-refractivity contribution in [3.8, 4) is 0 Å². The Morgan fingerprint density at radius 2 is 0.773 bits per heavy atom. The topological polar surface area (TPSA) is 0 Å². The lowest BCUT2D eigenvalue weighted by Crippen LogP contribution is -2.30. The second kappa shape index (κ2) is 7.83. The van der Waals surface area contributed by atoms with Gasteiger partial charge in [0.1, 0.15) is 0 Å². The second-order valence-electron chi connectivity index (χ2n) is 8.64. The summed E-state index contributed by atoms with van der Waals surface area (Å²) >= 11 is 0. The molecule has 4 aliphatic rings. The average Bonchev–Trinajstić information content (AvgIpc) is 3.13. The fourth-order valence-corrected chi connectivity index (χ4v) is 13.9. The highest BCUT2D eigenvalue weighted by molar-refractivity contribution is 7.61. The molecular weight excluding hydrogens is 302 g/mol. The van der Waals surface area contributed by atoms with Crippen LogP contribution in [0.3, 0.4) is 0 Å². The Kier molecular flexibility index (Phi) is 6.29. The lowest BCUT2D eigenvalue weighted by atomic mass is 10.2. The minimum Gasteiger partial charge on any atom is -0.0977 e. The molecule has 0 N–H and O–H groups in total. The van der Waals surface area contributed by atoms with Crippen molar-refractivity contribution in [3.63, 3.8) is 0 Å². The van der Waals surface area contributed by atoms with Crippen LogP contribution in [0.4, 0.5) is 0 Å². The predicted molar refractivity (Wildman–Crippen MR) is 105 cm³/mol. The van der Waals surface area contributed by atoms with E-state index in [1.807, 2.05) is 0 Å². The summed E-state index contributed by atoms with van der Waals surface area (Å²) in [5, 5.41) is 0. The number of rotatable bonds is 2. The normalized spacial score (nSPS) is 40.9. The van der Waals surface area contributed by atoms with Gasteiger partial charge in [-0.3, -0.25) is 0 Å². The van der Waals surface area contributed by atoms with E-state index in [2.05, 4.69) is 27.7 Å². The smallest absolute Gasteiger partial charge is 0.0204 e. The van der Waals surface area contributed by atoms with Crippen molar-refractivity contribution in [1.82, 2.24) is 0 Å². The minimum atomic E-state index is 0.479. The van der Waals surface area contributed by atoms with E-state index in [-0.39, 0.29) is 0 Å². The predicted octanol–water partition coefficient (Wildman–Crippen LogP) is 7.18. The summed E-state index contributed by atoms with van der Waals surface area (Å²) in [5.41, 5.74) is 6.82. The molecule has 128 valence electrons. The van der Waals surface area contributed by atoms with Gasteiger partial charge in [-0.1, -0.05) is 69.2 Å². The third-order valence-corrected chi connectivity index (χ3v) is 14.5. The van der Waals surface area contributed by atoms with Gasteiger partial charge in [0.05, 0.1) is 0 Å². The maximum Gasteiger partial charge on any atom is -0.0204 e. The average molecular weight is 340 g/mol. The molecular formula is C20H38P2. The molecule has 2 heteroatoms. The molecule has 4 fully saturated rings. The third-order valence-electron chi connectivity index (χ3n) is 6.89. The van der Waals surface area contributed by atoms with Crippen molar-refractivity contribution in [3.05, 3.63) is 0 Å². The quantitative estimate of drug-likeness (QED) is 0.467. The Morgan fingerprint density at radius 1 is 0.500 bits per heavy atom. The Hall–Kier alpha value is 0.860. The lowest BCUT2D eigenvalue weighted by molar-refractivity contribution is 0.676. The van der Waals surface area contributed by atoms with Crippen LogP contribution in [0.5, 0.6) is 0 Å². The summed E-state index contributed by atoms with van der Waals surface area (Å²) in [7, 11) is 0.957. The molecule has 0 aromatic carbocycles. The van der Waals surface area contributed by atoms with E-state index >= 15 is 0 Å². The van der Waals surface area contributed by atoms with Crippen molar-refractivity contribution < 1.29 is 0 Å². The Bertz CT molecular complexity index is 294. The molecule has 2 aliphatic carbocycles. The maximum atomic E-state index is 2.48. The first-order chi connectivity index (χ1) is 10.6. The Morgan fingerprint density at radius 3 is 1.00 bits per heavy atom. The molecule has 0 aromatic heterocycles. The van der Waals surface area contributed by atoms with Crippen LogP contribution in [0.2, 0.25) is 0 Å². The Labute approximate surface area is 142 Å². The third kappa shape index (κ3) is 3.75. The van der Waals surface area contributed by atoms with Crippen LogP contribution in [-0.2, 0) is 0 Å². The van der Waals surface area contributed by atoms with Gasteiger partial charge in [0.2, 0.25) is 0 Å². The van der Waals surface area contributed by atoms with E-state index in [1.54, 1.807) is 25.7 Å². The summed E-state index contributed by atoms with van der Waals surface area (Å²) < 4.78 is 0. The van der Waals surface area contributed by atoms with Crippen molar-refractivity contribution >= 4 is 15.8 Å². The van der Waals surface area contributed by atoms with Gasteiger partial charge in [-0.25, -0.2) is 0 Å². The molecule has 2 aliphatic heterocycles. The molecule has 22 heavy (non-hydrogen) atoms. The SMILES string of the molecule is C[C@H]1C[C@H](C)P1C1CCCC1.C[C@H]1C[C@H](C)P1C1CCCC1. The van der Waals surface area contributed by atoms with Crippen LogP contribution in [0, 0.1) is 0 Å². The molecule has 4 rings (SSSR count). The van der Waals surface area contributed by atoms with Gasteiger partial charge in [0, 0.05) is 0 Å². The molecule has 0 nitrogen and oxygen atoms in total. The van der Waals surface area contributed by atoms with Gasteiger partial charge >= 0.3 is 0 Å². The van der Waals surface area contributed by atoms with Crippen LogP contribution >= 0.6 is 15.8 Å². The zero-order valence-corrected chi connectivity index (χ0v) is 17.2. The first-order valence-corrected chi connectivity index (χ1v) is 13.2. The molecule has 0 spiro atoms. The zero-order valence-electron chi connectivity index (χ0n) is 15.4. The lowest BCUT2D eigenvalue weighted by Gasteiger charge is -2.45. The molecule has 0 aromatic rings. The molecule has 4 atom stereocenters. The van der Waals surface area contributed by atoms with Gasteiger partial charge in [-0.05, 0) is 72.5 Å². The van der Waals surface area contributed by atoms with E-state index in [0.29, 0.717) is 15.8 Å². The summed E-state index contributed by atoms with van der Waals surface area (Å²) in [4.78, 5) is 0. The molecule has 0 radical (unpaired) electrons. The highest BCUT2D eigenvalue weighted by Crippen LogP contribution is 2.66.